The van der Waals surface area contributed by atoms with E-state index in [4.69, 9.17) is 4.84 Å². The molecular weight excluding hydrogens is 212 g/mol. The Bertz CT molecular complexity index is 480. The van der Waals surface area contributed by atoms with Gasteiger partial charge in [-0.1, -0.05) is 41.6 Å². The van der Waals surface area contributed by atoms with Crippen LogP contribution in [-0.4, -0.2) is 10.7 Å². The summed E-state index contributed by atoms with van der Waals surface area (Å²) in [4.78, 5) is 9.42. The monoisotopic (exact) mass is 226 g/mol. The van der Waals surface area contributed by atoms with Crippen LogP contribution in [-0.2, 0) is 11.4 Å². The van der Waals surface area contributed by atoms with Gasteiger partial charge in [-0.15, -0.1) is 0 Å². The highest BCUT2D eigenvalue weighted by molar-refractivity contribution is 5.98. The Kier molecular flexibility index (Phi) is 3.86. The van der Waals surface area contributed by atoms with Gasteiger partial charge in [0.05, 0.1) is 11.4 Å². The minimum absolute atomic E-state index is 0.394. The molecule has 0 aliphatic heterocycles. The summed E-state index contributed by atoms with van der Waals surface area (Å²) < 4.78 is 0. The summed E-state index contributed by atoms with van der Waals surface area (Å²) >= 11 is 0. The number of hydrogen-bond acceptors (Lipinski definition) is 3. The maximum absolute atomic E-state index is 5.26. The minimum atomic E-state index is 0.394. The first-order chi connectivity index (χ1) is 8.36. The van der Waals surface area contributed by atoms with Crippen LogP contribution in [0.15, 0.2) is 59.9 Å². The van der Waals surface area contributed by atoms with Crippen molar-refractivity contribution >= 4 is 5.71 Å². The van der Waals surface area contributed by atoms with Crippen molar-refractivity contribution in [3.8, 4) is 0 Å². The lowest BCUT2D eigenvalue weighted by Gasteiger charge is -2.01. The molecule has 0 radical (unpaired) electrons. The summed E-state index contributed by atoms with van der Waals surface area (Å²) in [6.07, 6.45) is 1.74. The molecule has 0 aliphatic rings. The van der Waals surface area contributed by atoms with Crippen LogP contribution in [0.1, 0.15) is 18.2 Å². The number of hydrogen-bond donors (Lipinski definition) is 0. The highest BCUT2D eigenvalue weighted by Gasteiger charge is 1.96. The summed E-state index contributed by atoms with van der Waals surface area (Å²) in [5.41, 5.74) is 2.80. The van der Waals surface area contributed by atoms with Gasteiger partial charge in [-0.2, -0.15) is 0 Å². The lowest BCUT2D eigenvalue weighted by Crippen LogP contribution is -1.97. The van der Waals surface area contributed by atoms with Crippen molar-refractivity contribution in [2.45, 2.75) is 13.5 Å². The third-order valence-electron chi connectivity index (χ3n) is 2.33. The molecule has 0 saturated heterocycles. The second-order valence-corrected chi connectivity index (χ2v) is 3.64. The molecule has 0 N–H and O–H groups in total. The third kappa shape index (κ3) is 3.41. The van der Waals surface area contributed by atoms with Crippen LogP contribution < -0.4 is 0 Å². The van der Waals surface area contributed by atoms with Crippen molar-refractivity contribution in [2.75, 3.05) is 0 Å². The molecule has 1 heterocycles. The first-order valence-corrected chi connectivity index (χ1v) is 5.48. The van der Waals surface area contributed by atoms with Crippen LogP contribution in [0.3, 0.4) is 0 Å². The summed E-state index contributed by atoms with van der Waals surface area (Å²) in [5.74, 6) is 0. The first kappa shape index (κ1) is 11.3. The summed E-state index contributed by atoms with van der Waals surface area (Å²) in [6, 6.07) is 15.7. The van der Waals surface area contributed by atoms with E-state index in [1.807, 2.05) is 55.5 Å². The highest BCUT2D eigenvalue weighted by Crippen LogP contribution is 2.02. The molecule has 2 rings (SSSR count). The van der Waals surface area contributed by atoms with Gasteiger partial charge in [-0.05, 0) is 24.6 Å². The smallest absolute Gasteiger partial charge is 0.159 e. The van der Waals surface area contributed by atoms with Gasteiger partial charge in [0.2, 0.25) is 0 Å². The molecule has 0 fully saturated rings. The fourth-order valence-corrected chi connectivity index (χ4v) is 1.41. The lowest BCUT2D eigenvalue weighted by atomic mass is 10.1. The third-order valence-corrected chi connectivity index (χ3v) is 2.33. The van der Waals surface area contributed by atoms with Gasteiger partial charge in [0.1, 0.15) is 0 Å². The van der Waals surface area contributed by atoms with Crippen molar-refractivity contribution in [3.05, 3.63) is 66.0 Å². The second-order valence-electron chi connectivity index (χ2n) is 3.64. The Hall–Kier alpha value is -2.16. The summed E-state index contributed by atoms with van der Waals surface area (Å²) in [6.45, 7) is 2.32. The van der Waals surface area contributed by atoms with Crippen LogP contribution in [0.4, 0.5) is 0 Å². The fraction of sp³-hybridized carbons (Fsp3) is 0.143. The predicted molar refractivity (Wildman–Crippen MR) is 67.7 cm³/mol. The zero-order valence-corrected chi connectivity index (χ0v) is 9.71. The van der Waals surface area contributed by atoms with Crippen LogP contribution in [0, 0.1) is 0 Å². The van der Waals surface area contributed by atoms with Crippen molar-refractivity contribution in [1.29, 1.82) is 0 Å². The van der Waals surface area contributed by atoms with E-state index >= 15 is 0 Å². The molecule has 0 atom stereocenters. The fourth-order valence-electron chi connectivity index (χ4n) is 1.41. The maximum atomic E-state index is 5.26. The molecule has 1 aromatic heterocycles. The van der Waals surface area contributed by atoms with Gasteiger partial charge in [-0.25, -0.2) is 0 Å². The van der Waals surface area contributed by atoms with Gasteiger partial charge >= 0.3 is 0 Å². The maximum Gasteiger partial charge on any atom is 0.159 e. The quantitative estimate of drug-likeness (QED) is 0.593. The van der Waals surface area contributed by atoms with Gasteiger partial charge in [0, 0.05) is 6.20 Å². The molecule has 0 saturated carbocycles. The molecule has 0 spiro atoms. The van der Waals surface area contributed by atoms with Crippen LogP contribution in [0.5, 0.6) is 0 Å². The largest absolute Gasteiger partial charge is 0.389 e. The minimum Gasteiger partial charge on any atom is -0.389 e. The van der Waals surface area contributed by atoms with E-state index in [0.29, 0.717) is 6.61 Å². The predicted octanol–water partition coefficient (Wildman–Crippen LogP) is 3.02. The van der Waals surface area contributed by atoms with E-state index in [-0.39, 0.29) is 0 Å². The van der Waals surface area contributed by atoms with E-state index in [9.17, 15) is 0 Å². The van der Waals surface area contributed by atoms with Gasteiger partial charge in [0.25, 0.3) is 0 Å². The van der Waals surface area contributed by atoms with Gasteiger partial charge in [0.15, 0.2) is 6.61 Å². The number of nitrogens with zero attached hydrogens (tertiary/aromatic N) is 2. The topological polar surface area (TPSA) is 34.5 Å². The van der Waals surface area contributed by atoms with Crippen LogP contribution in [0.2, 0.25) is 0 Å². The Morgan fingerprint density at radius 2 is 1.88 bits per heavy atom. The number of aromatic nitrogens is 1. The van der Waals surface area contributed by atoms with Crippen molar-refractivity contribution in [1.82, 2.24) is 4.98 Å². The van der Waals surface area contributed by atoms with E-state index in [0.717, 1.165) is 17.0 Å². The number of pyridine rings is 1. The number of rotatable bonds is 4. The van der Waals surface area contributed by atoms with Crippen molar-refractivity contribution in [3.63, 3.8) is 0 Å². The molecule has 0 bridgehead atoms. The Labute approximate surface area is 101 Å². The van der Waals surface area contributed by atoms with E-state index < -0.39 is 0 Å². The van der Waals surface area contributed by atoms with Crippen molar-refractivity contribution in [2.24, 2.45) is 5.16 Å². The summed E-state index contributed by atoms with van der Waals surface area (Å²) in [7, 11) is 0. The molecule has 3 nitrogen and oxygen atoms in total. The van der Waals surface area contributed by atoms with Crippen LogP contribution >= 0.6 is 0 Å². The zero-order chi connectivity index (χ0) is 11.9. The Morgan fingerprint density at radius 1 is 1.12 bits per heavy atom. The molecule has 2 aromatic rings. The first-order valence-electron chi connectivity index (χ1n) is 5.48. The Balaban J connectivity index is 1.93. The average molecular weight is 226 g/mol. The van der Waals surface area contributed by atoms with Gasteiger partial charge in [-0.3, -0.25) is 4.98 Å². The molecule has 1 aromatic carbocycles. The molecular formula is C14H14N2O. The molecule has 17 heavy (non-hydrogen) atoms. The highest BCUT2D eigenvalue weighted by atomic mass is 16.6. The molecule has 0 aliphatic carbocycles. The van der Waals surface area contributed by atoms with E-state index in [1.54, 1.807) is 6.20 Å². The summed E-state index contributed by atoms with van der Waals surface area (Å²) in [5, 5.41) is 4.07. The molecule has 3 heteroatoms. The molecule has 0 unspecified atom stereocenters. The van der Waals surface area contributed by atoms with E-state index in [2.05, 4.69) is 10.1 Å². The number of benzene rings is 1. The van der Waals surface area contributed by atoms with Crippen molar-refractivity contribution < 1.29 is 4.84 Å². The second kappa shape index (κ2) is 5.80. The molecule has 86 valence electrons. The normalized spacial score (nSPS) is 11.2. The molecule has 0 amide bonds. The SMILES string of the molecule is CC(=NOCc1ccccn1)c1ccccc1. The zero-order valence-electron chi connectivity index (χ0n) is 9.71. The van der Waals surface area contributed by atoms with E-state index in [1.165, 1.54) is 0 Å². The Morgan fingerprint density at radius 3 is 2.59 bits per heavy atom. The lowest BCUT2D eigenvalue weighted by molar-refractivity contribution is 0.128. The van der Waals surface area contributed by atoms with Gasteiger partial charge < -0.3 is 4.84 Å². The standard InChI is InChI=1S/C14H14N2O/c1-12(13-7-3-2-4-8-13)16-17-11-14-9-5-6-10-15-14/h2-10H,11H2,1H3. The number of oxime groups is 1. The van der Waals surface area contributed by atoms with Crippen LogP contribution in [0.25, 0.3) is 0 Å². The average Bonchev–Trinajstić information content (AvgIpc) is 2.41.